The summed E-state index contributed by atoms with van der Waals surface area (Å²) in [6.45, 7) is -0.239. The van der Waals surface area contributed by atoms with Crippen LogP contribution in [-0.4, -0.2) is 34.7 Å². The number of fused-ring (bicyclic) bond motifs is 1. The van der Waals surface area contributed by atoms with E-state index < -0.39 is 29.8 Å². The number of carbonyl (C=O) groups excluding carboxylic acids is 4. The van der Waals surface area contributed by atoms with Gasteiger partial charge in [-0.05, 0) is 23.3 Å². The van der Waals surface area contributed by atoms with Crippen LogP contribution in [0.4, 0.5) is 0 Å². The lowest BCUT2D eigenvalue weighted by Gasteiger charge is -2.23. The Bertz CT molecular complexity index is 1070. The van der Waals surface area contributed by atoms with Crippen LogP contribution >= 0.6 is 0 Å². The number of benzene rings is 3. The summed E-state index contributed by atoms with van der Waals surface area (Å²) in [7, 11) is 0. The van der Waals surface area contributed by atoms with Crippen molar-refractivity contribution in [1.82, 2.24) is 4.90 Å². The Hall–Kier alpha value is -4.26. The normalized spacial score (nSPS) is 12.6. The zero-order valence-electron chi connectivity index (χ0n) is 17.0. The van der Waals surface area contributed by atoms with Crippen molar-refractivity contribution < 1.29 is 28.7 Å². The Morgan fingerprint density at radius 3 is 1.41 bits per heavy atom. The van der Waals surface area contributed by atoms with Crippen molar-refractivity contribution in [2.45, 2.75) is 19.3 Å². The lowest BCUT2D eigenvalue weighted by molar-refractivity contribution is -0.163. The third kappa shape index (κ3) is 4.27. The predicted octanol–water partition coefficient (Wildman–Crippen LogP) is 3.14. The third-order valence-corrected chi connectivity index (χ3v) is 4.98. The maximum absolute atomic E-state index is 12.9. The number of ether oxygens (including phenoxy) is 2. The van der Waals surface area contributed by atoms with Crippen LogP contribution in [0, 0.1) is 0 Å². The van der Waals surface area contributed by atoms with Crippen LogP contribution in [0.15, 0.2) is 84.9 Å². The van der Waals surface area contributed by atoms with E-state index >= 15 is 0 Å². The third-order valence-electron chi connectivity index (χ3n) is 4.98. The molecule has 7 heteroatoms. The van der Waals surface area contributed by atoms with Gasteiger partial charge in [0.05, 0.1) is 11.1 Å². The zero-order valence-corrected chi connectivity index (χ0v) is 17.0. The number of hydrogen-bond acceptors (Lipinski definition) is 6. The Balaban J connectivity index is 1.57. The highest BCUT2D eigenvalue weighted by atomic mass is 16.6. The molecule has 0 saturated carbocycles. The molecule has 0 unspecified atom stereocenters. The van der Waals surface area contributed by atoms with E-state index in [1.807, 2.05) is 12.1 Å². The van der Waals surface area contributed by atoms with E-state index in [0.717, 1.165) is 0 Å². The molecule has 0 radical (unpaired) electrons. The van der Waals surface area contributed by atoms with Crippen molar-refractivity contribution in [2.75, 3.05) is 0 Å². The van der Waals surface area contributed by atoms with Gasteiger partial charge in [-0.25, -0.2) is 14.5 Å². The number of carbonyl (C=O) groups is 4. The summed E-state index contributed by atoms with van der Waals surface area (Å²) in [5.41, 5.74) is 1.63. The molecule has 4 rings (SSSR count). The minimum Gasteiger partial charge on any atom is -0.459 e. The van der Waals surface area contributed by atoms with E-state index in [2.05, 4.69) is 0 Å². The van der Waals surface area contributed by atoms with Crippen molar-refractivity contribution in [2.24, 2.45) is 0 Å². The highest BCUT2D eigenvalue weighted by molar-refractivity contribution is 6.25. The van der Waals surface area contributed by atoms with Crippen LogP contribution in [0.2, 0.25) is 0 Å². The average molecular weight is 429 g/mol. The van der Waals surface area contributed by atoms with Crippen molar-refractivity contribution in [3.63, 3.8) is 0 Å². The maximum atomic E-state index is 12.9. The second-order valence-electron chi connectivity index (χ2n) is 7.12. The summed E-state index contributed by atoms with van der Waals surface area (Å²) in [6, 6.07) is 22.0. The molecule has 7 nitrogen and oxygen atoms in total. The molecule has 3 aromatic rings. The molecule has 2 amide bonds. The fourth-order valence-corrected chi connectivity index (χ4v) is 3.36. The second kappa shape index (κ2) is 9.26. The summed E-state index contributed by atoms with van der Waals surface area (Å²) >= 11 is 0. The number of imide groups is 1. The fraction of sp³-hybridized carbons (Fsp3) is 0.120. The maximum Gasteiger partial charge on any atom is 0.341 e. The van der Waals surface area contributed by atoms with Gasteiger partial charge in [0, 0.05) is 0 Å². The van der Waals surface area contributed by atoms with E-state index in [9.17, 15) is 19.2 Å². The number of esters is 2. The van der Waals surface area contributed by atoms with Crippen LogP contribution < -0.4 is 0 Å². The number of hydrogen-bond donors (Lipinski definition) is 0. The van der Waals surface area contributed by atoms with Gasteiger partial charge in [-0.15, -0.1) is 0 Å². The van der Waals surface area contributed by atoms with Crippen LogP contribution in [0.25, 0.3) is 0 Å². The summed E-state index contributed by atoms with van der Waals surface area (Å²) in [6.07, 6.45) is 0. The molecule has 3 aromatic carbocycles. The number of amides is 2. The van der Waals surface area contributed by atoms with Crippen molar-refractivity contribution >= 4 is 23.8 Å². The van der Waals surface area contributed by atoms with Gasteiger partial charge in [0.15, 0.2) is 0 Å². The van der Waals surface area contributed by atoms with Gasteiger partial charge in [0.1, 0.15) is 13.2 Å². The average Bonchev–Trinajstić information content (AvgIpc) is 3.08. The van der Waals surface area contributed by atoms with E-state index in [-0.39, 0.29) is 24.3 Å². The summed E-state index contributed by atoms with van der Waals surface area (Å²) < 4.78 is 10.6. The largest absolute Gasteiger partial charge is 0.459 e. The van der Waals surface area contributed by atoms with Crippen molar-refractivity contribution in [3.8, 4) is 0 Å². The summed E-state index contributed by atoms with van der Waals surface area (Å²) in [4.78, 5) is 52.3. The lowest BCUT2D eigenvalue weighted by atomic mass is 10.1. The standard InChI is InChI=1S/C25H19NO6/c27-22-19-13-7-8-14-20(19)23(28)26(22)21(24(29)31-15-17-9-3-1-4-10-17)25(30)32-16-18-11-5-2-6-12-18/h1-14,21H,15-16H2. The Morgan fingerprint density at radius 2 is 1.00 bits per heavy atom. The first-order valence-corrected chi connectivity index (χ1v) is 9.94. The van der Waals surface area contributed by atoms with Gasteiger partial charge in [0.25, 0.3) is 11.8 Å². The topological polar surface area (TPSA) is 90.0 Å². The first-order valence-electron chi connectivity index (χ1n) is 9.94. The molecule has 0 fully saturated rings. The summed E-state index contributed by atoms with van der Waals surface area (Å²) in [5, 5.41) is 0. The quantitative estimate of drug-likeness (QED) is 0.326. The van der Waals surface area contributed by atoms with Crippen LogP contribution in [0.1, 0.15) is 31.8 Å². The highest BCUT2D eigenvalue weighted by Gasteiger charge is 2.48. The van der Waals surface area contributed by atoms with E-state index in [1.54, 1.807) is 60.7 Å². The van der Waals surface area contributed by atoms with Gasteiger partial charge in [-0.1, -0.05) is 72.8 Å². The molecule has 0 saturated heterocycles. The molecule has 32 heavy (non-hydrogen) atoms. The first kappa shape index (κ1) is 21.0. The van der Waals surface area contributed by atoms with Crippen LogP contribution in [0.3, 0.4) is 0 Å². The zero-order chi connectivity index (χ0) is 22.5. The SMILES string of the molecule is O=C(OCc1ccccc1)C(C(=O)OCc1ccccc1)N1C(=O)c2ccccc2C1=O. The minimum atomic E-state index is -1.85. The molecule has 1 aliphatic heterocycles. The fourth-order valence-electron chi connectivity index (χ4n) is 3.36. The first-order chi connectivity index (χ1) is 15.6. The number of rotatable bonds is 7. The lowest BCUT2D eigenvalue weighted by Crippen LogP contribution is -2.51. The minimum absolute atomic E-state index is 0.120. The van der Waals surface area contributed by atoms with Gasteiger partial charge in [0.2, 0.25) is 6.04 Å². The van der Waals surface area contributed by atoms with E-state index in [4.69, 9.17) is 9.47 Å². The van der Waals surface area contributed by atoms with Gasteiger partial charge in [-0.2, -0.15) is 0 Å². The molecular weight excluding hydrogens is 410 g/mol. The molecule has 1 aliphatic rings. The van der Waals surface area contributed by atoms with E-state index in [0.29, 0.717) is 16.0 Å². The highest BCUT2D eigenvalue weighted by Crippen LogP contribution is 2.26. The van der Waals surface area contributed by atoms with Crippen LogP contribution in [-0.2, 0) is 32.3 Å². The molecule has 0 aliphatic carbocycles. The molecule has 0 atom stereocenters. The molecular formula is C25H19NO6. The Morgan fingerprint density at radius 1 is 0.625 bits per heavy atom. The second-order valence-corrected chi connectivity index (χ2v) is 7.12. The van der Waals surface area contributed by atoms with Crippen molar-refractivity contribution in [1.29, 1.82) is 0 Å². The molecule has 1 heterocycles. The summed E-state index contributed by atoms with van der Waals surface area (Å²) in [5.74, 6) is -3.57. The molecule has 0 bridgehead atoms. The monoisotopic (exact) mass is 429 g/mol. The molecule has 0 aromatic heterocycles. The van der Waals surface area contributed by atoms with Gasteiger partial charge < -0.3 is 9.47 Å². The Labute approximate surface area is 184 Å². The van der Waals surface area contributed by atoms with Crippen molar-refractivity contribution in [3.05, 3.63) is 107 Å². The van der Waals surface area contributed by atoms with Gasteiger partial charge >= 0.3 is 11.9 Å². The van der Waals surface area contributed by atoms with E-state index in [1.165, 1.54) is 12.1 Å². The molecule has 160 valence electrons. The van der Waals surface area contributed by atoms with Gasteiger partial charge in [-0.3, -0.25) is 9.59 Å². The smallest absolute Gasteiger partial charge is 0.341 e. The van der Waals surface area contributed by atoms with Crippen LogP contribution in [0.5, 0.6) is 0 Å². The molecule has 0 spiro atoms. The Kier molecular flexibility index (Phi) is 6.07. The number of nitrogens with zero attached hydrogens (tertiary/aromatic N) is 1. The predicted molar refractivity (Wildman–Crippen MR) is 113 cm³/mol. The molecule has 0 N–H and O–H groups in total.